The number of aliphatic hydroxyl groups is 1. The van der Waals surface area contributed by atoms with Gasteiger partial charge in [-0.1, -0.05) is 13.8 Å². The maximum Gasteiger partial charge on any atom is 0.315 e. The summed E-state index contributed by atoms with van der Waals surface area (Å²) in [7, 11) is 1.70. The second kappa shape index (κ2) is 6.95. The summed E-state index contributed by atoms with van der Waals surface area (Å²) in [6.07, 6.45) is 3.76. The second-order valence-corrected chi connectivity index (χ2v) is 5.43. The van der Waals surface area contributed by atoms with E-state index in [4.69, 9.17) is 9.84 Å². The summed E-state index contributed by atoms with van der Waals surface area (Å²) in [4.78, 5) is 11.8. The molecule has 2 amide bonds. The van der Waals surface area contributed by atoms with Crippen molar-refractivity contribution >= 4 is 6.03 Å². The van der Waals surface area contributed by atoms with Gasteiger partial charge in [0.05, 0.1) is 5.60 Å². The van der Waals surface area contributed by atoms with E-state index in [0.717, 1.165) is 19.3 Å². The molecule has 0 aromatic heterocycles. The van der Waals surface area contributed by atoms with Gasteiger partial charge in [-0.3, -0.25) is 0 Å². The largest absolute Gasteiger partial charge is 0.396 e. The van der Waals surface area contributed by atoms with Crippen LogP contribution in [-0.4, -0.2) is 43.0 Å². The summed E-state index contributed by atoms with van der Waals surface area (Å²) in [5.41, 5.74) is -0.151. The number of ether oxygens (including phenoxy) is 1. The van der Waals surface area contributed by atoms with Crippen molar-refractivity contribution in [2.45, 2.75) is 51.2 Å². The number of urea groups is 1. The van der Waals surface area contributed by atoms with E-state index in [2.05, 4.69) is 10.6 Å². The Morgan fingerprint density at radius 2 is 2.11 bits per heavy atom. The van der Waals surface area contributed by atoms with E-state index in [9.17, 15) is 4.79 Å². The Morgan fingerprint density at radius 1 is 1.44 bits per heavy atom. The lowest BCUT2D eigenvalue weighted by atomic mass is 9.80. The first-order chi connectivity index (χ1) is 8.53. The quantitative estimate of drug-likeness (QED) is 0.644. The second-order valence-electron chi connectivity index (χ2n) is 5.43. The number of carbonyl (C=O) groups is 1. The van der Waals surface area contributed by atoms with Gasteiger partial charge < -0.3 is 20.5 Å². The molecule has 0 radical (unpaired) electrons. The molecular formula is C13H26N2O3. The molecule has 1 fully saturated rings. The van der Waals surface area contributed by atoms with Crippen molar-refractivity contribution in [2.24, 2.45) is 5.92 Å². The van der Waals surface area contributed by atoms with E-state index in [1.807, 2.05) is 13.8 Å². The molecule has 1 saturated carbocycles. The fourth-order valence-electron chi connectivity index (χ4n) is 2.20. The highest BCUT2D eigenvalue weighted by Gasteiger charge is 2.37. The monoisotopic (exact) mass is 258 g/mol. The highest BCUT2D eigenvalue weighted by atomic mass is 16.5. The summed E-state index contributed by atoms with van der Waals surface area (Å²) in [5, 5.41) is 14.7. The normalized spacial score (nSPS) is 19.2. The zero-order chi connectivity index (χ0) is 13.6. The first kappa shape index (κ1) is 15.2. The molecule has 0 aromatic rings. The first-order valence-corrected chi connectivity index (χ1v) is 6.73. The SMILES string of the molecule is COC1(CNC(=O)NC(CCO)C(C)C)CCC1. The van der Waals surface area contributed by atoms with Gasteiger partial charge in [0.1, 0.15) is 0 Å². The lowest BCUT2D eigenvalue weighted by Gasteiger charge is -2.40. The van der Waals surface area contributed by atoms with Gasteiger partial charge >= 0.3 is 6.03 Å². The number of carbonyl (C=O) groups excluding carboxylic acids is 1. The Morgan fingerprint density at radius 3 is 2.50 bits per heavy atom. The van der Waals surface area contributed by atoms with Crippen molar-refractivity contribution in [3.05, 3.63) is 0 Å². The highest BCUT2D eigenvalue weighted by Crippen LogP contribution is 2.34. The summed E-state index contributed by atoms with van der Waals surface area (Å²) in [6, 6.07) is -0.166. The Labute approximate surface area is 109 Å². The Hall–Kier alpha value is -0.810. The standard InChI is InChI=1S/C13H26N2O3/c1-10(2)11(5-8-16)15-12(17)14-9-13(18-3)6-4-7-13/h10-11,16H,4-9H2,1-3H3,(H2,14,15,17). The van der Waals surface area contributed by atoms with E-state index >= 15 is 0 Å². The highest BCUT2D eigenvalue weighted by molar-refractivity contribution is 5.74. The third-order valence-electron chi connectivity index (χ3n) is 3.83. The van der Waals surface area contributed by atoms with Crippen LogP contribution in [0.25, 0.3) is 0 Å². The van der Waals surface area contributed by atoms with Gasteiger partial charge in [0.2, 0.25) is 0 Å². The molecule has 1 atom stereocenters. The van der Waals surface area contributed by atoms with Gasteiger partial charge in [-0.15, -0.1) is 0 Å². The van der Waals surface area contributed by atoms with E-state index in [1.165, 1.54) is 0 Å². The minimum absolute atomic E-state index is 0.00915. The summed E-state index contributed by atoms with van der Waals surface area (Å²) in [5.74, 6) is 0.308. The minimum atomic E-state index is -0.175. The third kappa shape index (κ3) is 4.14. The van der Waals surface area contributed by atoms with Crippen molar-refractivity contribution in [2.75, 3.05) is 20.3 Å². The molecule has 0 saturated heterocycles. The van der Waals surface area contributed by atoms with Crippen molar-refractivity contribution in [3.8, 4) is 0 Å². The maximum atomic E-state index is 11.8. The molecule has 1 aliphatic rings. The number of nitrogens with one attached hydrogen (secondary N) is 2. The van der Waals surface area contributed by atoms with Gasteiger partial charge in [0.25, 0.3) is 0 Å². The van der Waals surface area contributed by atoms with Crippen LogP contribution in [0.4, 0.5) is 4.79 Å². The molecule has 5 heteroatoms. The van der Waals surface area contributed by atoms with Crippen LogP contribution >= 0.6 is 0 Å². The summed E-state index contributed by atoms with van der Waals surface area (Å²) >= 11 is 0. The zero-order valence-corrected chi connectivity index (χ0v) is 11.7. The number of hydrogen-bond donors (Lipinski definition) is 3. The van der Waals surface area contributed by atoms with Crippen LogP contribution < -0.4 is 10.6 Å². The van der Waals surface area contributed by atoms with Crippen molar-refractivity contribution in [1.82, 2.24) is 10.6 Å². The van der Waals surface area contributed by atoms with E-state index in [1.54, 1.807) is 7.11 Å². The van der Waals surface area contributed by atoms with Crippen LogP contribution in [0.2, 0.25) is 0 Å². The molecule has 0 heterocycles. The molecule has 3 N–H and O–H groups in total. The lowest BCUT2D eigenvalue weighted by molar-refractivity contribution is -0.0674. The van der Waals surface area contributed by atoms with Gasteiger partial charge in [0, 0.05) is 26.3 Å². The van der Waals surface area contributed by atoms with Gasteiger partial charge in [-0.25, -0.2) is 4.79 Å². The van der Waals surface area contributed by atoms with Crippen LogP contribution in [0.1, 0.15) is 39.5 Å². The molecule has 5 nitrogen and oxygen atoms in total. The topological polar surface area (TPSA) is 70.6 Å². The summed E-state index contributed by atoms with van der Waals surface area (Å²) < 4.78 is 5.44. The fourth-order valence-corrected chi connectivity index (χ4v) is 2.20. The fraction of sp³-hybridized carbons (Fsp3) is 0.923. The van der Waals surface area contributed by atoms with E-state index in [0.29, 0.717) is 18.9 Å². The predicted octanol–water partition coefficient (Wildman–Crippen LogP) is 1.26. The van der Waals surface area contributed by atoms with Crippen LogP contribution in [0.15, 0.2) is 0 Å². The molecule has 1 rings (SSSR count). The summed E-state index contributed by atoms with van der Waals surface area (Å²) in [6.45, 7) is 4.71. The third-order valence-corrected chi connectivity index (χ3v) is 3.83. The lowest BCUT2D eigenvalue weighted by Crippen LogP contribution is -2.53. The molecule has 1 unspecified atom stereocenters. The van der Waals surface area contributed by atoms with Crippen LogP contribution in [0.3, 0.4) is 0 Å². The number of methoxy groups -OCH3 is 1. The first-order valence-electron chi connectivity index (χ1n) is 6.73. The molecule has 106 valence electrons. The molecule has 0 spiro atoms. The van der Waals surface area contributed by atoms with Crippen molar-refractivity contribution in [3.63, 3.8) is 0 Å². The van der Waals surface area contributed by atoms with Gasteiger partial charge in [-0.05, 0) is 31.6 Å². The van der Waals surface area contributed by atoms with Gasteiger partial charge in [-0.2, -0.15) is 0 Å². The van der Waals surface area contributed by atoms with E-state index in [-0.39, 0.29) is 24.3 Å². The van der Waals surface area contributed by atoms with Crippen LogP contribution in [0.5, 0.6) is 0 Å². The smallest absolute Gasteiger partial charge is 0.315 e. The average Bonchev–Trinajstić information content (AvgIpc) is 2.27. The van der Waals surface area contributed by atoms with Crippen molar-refractivity contribution in [1.29, 1.82) is 0 Å². The number of aliphatic hydroxyl groups excluding tert-OH is 1. The van der Waals surface area contributed by atoms with Crippen LogP contribution in [-0.2, 0) is 4.74 Å². The Balaban J connectivity index is 2.31. The Bertz CT molecular complexity index is 259. The van der Waals surface area contributed by atoms with Gasteiger partial charge in [0.15, 0.2) is 0 Å². The molecule has 0 aromatic carbocycles. The number of hydrogen-bond acceptors (Lipinski definition) is 3. The zero-order valence-electron chi connectivity index (χ0n) is 11.7. The average molecular weight is 258 g/mol. The molecule has 1 aliphatic carbocycles. The predicted molar refractivity (Wildman–Crippen MR) is 70.5 cm³/mol. The molecular weight excluding hydrogens is 232 g/mol. The Kier molecular flexibility index (Phi) is 5.88. The molecule has 18 heavy (non-hydrogen) atoms. The van der Waals surface area contributed by atoms with Crippen molar-refractivity contribution < 1.29 is 14.6 Å². The maximum absolute atomic E-state index is 11.8. The number of amides is 2. The molecule has 0 bridgehead atoms. The number of rotatable bonds is 7. The molecule has 0 aliphatic heterocycles. The van der Waals surface area contributed by atoms with E-state index < -0.39 is 0 Å². The minimum Gasteiger partial charge on any atom is -0.396 e. The van der Waals surface area contributed by atoms with Crippen LogP contribution in [0, 0.1) is 5.92 Å².